The second-order valence-corrected chi connectivity index (χ2v) is 10.4. The van der Waals surface area contributed by atoms with Gasteiger partial charge in [-0.1, -0.05) is 66.4 Å². The van der Waals surface area contributed by atoms with Crippen LogP contribution in [0.2, 0.25) is 5.02 Å². The number of para-hydroxylation sites is 1. The SMILES string of the molecule is CCCCN(C(=O)CNC(=O)OC(C)(C)C)C(C(=O)Nc1c(C)cccc1Cl)c1cc(C)cc(C)c1. The van der Waals surface area contributed by atoms with Gasteiger partial charge in [-0.25, -0.2) is 4.79 Å². The van der Waals surface area contributed by atoms with Crippen molar-refractivity contribution in [3.05, 3.63) is 63.7 Å². The highest BCUT2D eigenvalue weighted by Crippen LogP contribution is 2.30. The van der Waals surface area contributed by atoms with Gasteiger partial charge in [0.2, 0.25) is 5.91 Å². The predicted octanol–water partition coefficient (Wildman–Crippen LogP) is 6.10. The minimum Gasteiger partial charge on any atom is -0.444 e. The topological polar surface area (TPSA) is 87.7 Å². The minimum atomic E-state index is -0.918. The number of halogens is 1. The first-order valence-electron chi connectivity index (χ1n) is 12.2. The lowest BCUT2D eigenvalue weighted by Gasteiger charge is -2.32. The van der Waals surface area contributed by atoms with E-state index < -0.39 is 17.7 Å². The van der Waals surface area contributed by atoms with Gasteiger partial charge in [0, 0.05) is 6.54 Å². The van der Waals surface area contributed by atoms with E-state index in [1.165, 1.54) is 4.90 Å². The summed E-state index contributed by atoms with van der Waals surface area (Å²) in [6.45, 7) is 13.1. The molecule has 7 nitrogen and oxygen atoms in total. The van der Waals surface area contributed by atoms with Crippen LogP contribution in [0.5, 0.6) is 0 Å². The van der Waals surface area contributed by atoms with Crippen molar-refractivity contribution >= 4 is 35.2 Å². The first-order chi connectivity index (χ1) is 16.8. The number of amides is 3. The molecule has 2 aromatic carbocycles. The van der Waals surface area contributed by atoms with Gasteiger partial charge in [0.25, 0.3) is 5.91 Å². The number of aryl methyl sites for hydroxylation is 3. The van der Waals surface area contributed by atoms with Gasteiger partial charge in [-0.2, -0.15) is 0 Å². The third-order valence-electron chi connectivity index (χ3n) is 5.45. The number of rotatable bonds is 9. The van der Waals surface area contributed by atoms with E-state index in [0.29, 0.717) is 29.2 Å². The number of nitrogens with zero attached hydrogens (tertiary/aromatic N) is 1. The quantitative estimate of drug-likeness (QED) is 0.422. The number of carbonyl (C=O) groups excluding carboxylic acids is 3. The maximum absolute atomic E-state index is 13.8. The average Bonchev–Trinajstić information content (AvgIpc) is 2.75. The molecule has 0 saturated carbocycles. The smallest absolute Gasteiger partial charge is 0.408 e. The Morgan fingerprint density at radius 2 is 1.69 bits per heavy atom. The Morgan fingerprint density at radius 1 is 1.06 bits per heavy atom. The Bertz CT molecular complexity index is 1050. The van der Waals surface area contributed by atoms with Gasteiger partial charge in [-0.15, -0.1) is 0 Å². The number of hydrogen-bond donors (Lipinski definition) is 2. The van der Waals surface area contributed by atoms with Crippen LogP contribution in [0.1, 0.15) is 68.8 Å². The molecule has 36 heavy (non-hydrogen) atoms. The molecule has 0 saturated heterocycles. The van der Waals surface area contributed by atoms with E-state index in [1.54, 1.807) is 26.8 Å². The lowest BCUT2D eigenvalue weighted by molar-refractivity contribution is -0.138. The number of nitrogens with one attached hydrogen (secondary N) is 2. The van der Waals surface area contributed by atoms with Crippen molar-refractivity contribution in [1.82, 2.24) is 10.2 Å². The Kier molecular flexibility index (Phi) is 10.3. The van der Waals surface area contributed by atoms with E-state index in [4.69, 9.17) is 16.3 Å². The first-order valence-corrected chi connectivity index (χ1v) is 12.6. The maximum atomic E-state index is 13.8. The van der Waals surface area contributed by atoms with Crippen LogP contribution in [0.4, 0.5) is 10.5 Å². The second-order valence-electron chi connectivity index (χ2n) is 10.0. The van der Waals surface area contributed by atoms with Gasteiger partial charge in [0.05, 0.1) is 10.7 Å². The van der Waals surface area contributed by atoms with Crippen molar-refractivity contribution in [3.8, 4) is 0 Å². The second kappa shape index (κ2) is 12.8. The Hall–Kier alpha value is -3.06. The molecule has 0 fully saturated rings. The normalized spacial score (nSPS) is 12.0. The zero-order chi connectivity index (χ0) is 27.0. The van der Waals surface area contributed by atoms with Crippen molar-refractivity contribution in [1.29, 1.82) is 0 Å². The molecule has 0 aliphatic rings. The van der Waals surface area contributed by atoms with E-state index in [2.05, 4.69) is 10.6 Å². The number of anilines is 1. The molecular weight excluding hydrogens is 478 g/mol. The van der Waals surface area contributed by atoms with E-state index in [1.807, 2.05) is 58.0 Å². The van der Waals surface area contributed by atoms with Gasteiger partial charge >= 0.3 is 6.09 Å². The van der Waals surface area contributed by atoms with Crippen LogP contribution >= 0.6 is 11.6 Å². The van der Waals surface area contributed by atoms with Gasteiger partial charge < -0.3 is 20.3 Å². The molecule has 1 unspecified atom stereocenters. The molecule has 196 valence electrons. The molecule has 2 N–H and O–H groups in total. The molecule has 0 aromatic heterocycles. The Morgan fingerprint density at radius 3 is 2.25 bits per heavy atom. The van der Waals surface area contributed by atoms with Crippen LogP contribution in [-0.2, 0) is 14.3 Å². The standard InChI is InChI=1S/C28H38ClN3O4/c1-8-9-13-32(23(33)17-30-27(35)36-28(5,6)7)25(21-15-18(2)14-19(3)16-21)26(34)31-24-20(4)11-10-12-22(24)29/h10-12,14-16,25H,8-9,13,17H2,1-7H3,(H,30,35)(H,31,34). The summed E-state index contributed by atoms with van der Waals surface area (Å²) in [4.78, 5) is 40.9. The van der Waals surface area contributed by atoms with Crippen molar-refractivity contribution in [2.75, 3.05) is 18.4 Å². The molecule has 8 heteroatoms. The average molecular weight is 516 g/mol. The Labute approximate surface area is 219 Å². The number of alkyl carbamates (subject to hydrolysis) is 1. The van der Waals surface area contributed by atoms with Gasteiger partial charge in [-0.3, -0.25) is 9.59 Å². The van der Waals surface area contributed by atoms with E-state index >= 15 is 0 Å². The van der Waals surface area contributed by atoms with Crippen molar-refractivity contribution < 1.29 is 19.1 Å². The van der Waals surface area contributed by atoms with Crippen molar-refractivity contribution in [2.45, 2.75) is 73.0 Å². The highest BCUT2D eigenvalue weighted by atomic mass is 35.5. The van der Waals surface area contributed by atoms with E-state index in [0.717, 1.165) is 23.1 Å². The fourth-order valence-electron chi connectivity index (χ4n) is 3.91. The summed E-state index contributed by atoms with van der Waals surface area (Å²) in [6, 6.07) is 10.3. The largest absolute Gasteiger partial charge is 0.444 e. The summed E-state index contributed by atoms with van der Waals surface area (Å²) in [5.74, 6) is -0.762. The van der Waals surface area contributed by atoms with Crippen LogP contribution in [0.25, 0.3) is 0 Å². The molecule has 0 bridgehead atoms. The van der Waals surface area contributed by atoms with Crippen LogP contribution < -0.4 is 10.6 Å². The predicted molar refractivity (Wildman–Crippen MR) is 144 cm³/mol. The third-order valence-corrected chi connectivity index (χ3v) is 5.76. The summed E-state index contributed by atoms with van der Waals surface area (Å²) in [6.07, 6.45) is 0.830. The summed E-state index contributed by atoms with van der Waals surface area (Å²) in [5, 5.41) is 5.89. The van der Waals surface area contributed by atoms with Crippen molar-refractivity contribution in [3.63, 3.8) is 0 Å². The molecule has 0 aliphatic heterocycles. The van der Waals surface area contributed by atoms with Gasteiger partial charge in [0.15, 0.2) is 0 Å². The number of unbranched alkanes of at least 4 members (excludes halogenated alkanes) is 1. The highest BCUT2D eigenvalue weighted by molar-refractivity contribution is 6.34. The molecule has 0 heterocycles. The number of carbonyl (C=O) groups is 3. The lowest BCUT2D eigenvalue weighted by atomic mass is 9.98. The molecule has 2 rings (SSSR count). The maximum Gasteiger partial charge on any atom is 0.408 e. The van der Waals surface area contributed by atoms with E-state index in [-0.39, 0.29) is 18.4 Å². The third kappa shape index (κ3) is 8.55. The van der Waals surface area contributed by atoms with Crippen LogP contribution in [0.15, 0.2) is 36.4 Å². The zero-order valence-electron chi connectivity index (χ0n) is 22.3. The number of hydrogen-bond acceptors (Lipinski definition) is 4. The molecule has 0 spiro atoms. The Balaban J connectivity index is 2.45. The van der Waals surface area contributed by atoms with E-state index in [9.17, 15) is 14.4 Å². The highest BCUT2D eigenvalue weighted by Gasteiger charge is 2.32. The summed E-state index contributed by atoms with van der Waals surface area (Å²) >= 11 is 6.38. The molecule has 3 amide bonds. The first kappa shape index (κ1) is 29.2. The van der Waals surface area contributed by atoms with Crippen LogP contribution in [0.3, 0.4) is 0 Å². The summed E-state index contributed by atoms with van der Waals surface area (Å²) in [7, 11) is 0. The number of benzene rings is 2. The molecule has 1 atom stereocenters. The molecule has 0 aliphatic carbocycles. The van der Waals surface area contributed by atoms with Crippen LogP contribution in [0, 0.1) is 20.8 Å². The van der Waals surface area contributed by atoms with Gasteiger partial charge in [-0.05, 0) is 65.2 Å². The monoisotopic (exact) mass is 515 g/mol. The molecule has 2 aromatic rings. The minimum absolute atomic E-state index is 0.293. The summed E-state index contributed by atoms with van der Waals surface area (Å²) < 4.78 is 5.26. The lowest BCUT2D eigenvalue weighted by Crippen LogP contribution is -2.47. The number of ether oxygens (including phenoxy) is 1. The van der Waals surface area contributed by atoms with Gasteiger partial charge in [0.1, 0.15) is 18.2 Å². The van der Waals surface area contributed by atoms with Crippen molar-refractivity contribution in [2.24, 2.45) is 0 Å². The molecule has 0 radical (unpaired) electrons. The fraction of sp³-hybridized carbons (Fsp3) is 0.464. The zero-order valence-corrected chi connectivity index (χ0v) is 23.1. The van der Waals surface area contributed by atoms with Crippen LogP contribution in [-0.4, -0.2) is 41.5 Å². The summed E-state index contributed by atoms with van der Waals surface area (Å²) in [5.41, 5.74) is 3.28. The fourth-order valence-corrected chi connectivity index (χ4v) is 4.18. The molecular formula is C28H38ClN3O4.